The molecule has 1 amide bonds. The number of likely N-dealkylation sites (tertiary alicyclic amines) is 1. The molecule has 5 rings (SSSR count). The molecular weight excluding hydrogens is 404 g/mol. The van der Waals surface area contributed by atoms with Gasteiger partial charge in [-0.3, -0.25) is 4.79 Å². The van der Waals surface area contributed by atoms with E-state index in [0.29, 0.717) is 0 Å². The Labute approximate surface area is 188 Å². The summed E-state index contributed by atoms with van der Waals surface area (Å²) in [6.45, 7) is 6.32. The predicted octanol–water partition coefficient (Wildman–Crippen LogP) is 5.54. The highest BCUT2D eigenvalue weighted by Gasteiger charge is 2.33. The summed E-state index contributed by atoms with van der Waals surface area (Å²) in [6.07, 6.45) is 2.06. The van der Waals surface area contributed by atoms with Crippen molar-refractivity contribution in [1.29, 1.82) is 0 Å². The molecule has 3 aromatic rings. The molecule has 0 spiro atoms. The van der Waals surface area contributed by atoms with Crippen LogP contribution < -0.4 is 4.90 Å². The van der Waals surface area contributed by atoms with Crippen molar-refractivity contribution in [1.82, 2.24) is 4.90 Å². The van der Waals surface area contributed by atoms with Crippen LogP contribution >= 0.6 is 11.3 Å². The lowest BCUT2D eigenvalue weighted by atomic mass is 9.93. The van der Waals surface area contributed by atoms with E-state index in [9.17, 15) is 4.79 Å². The van der Waals surface area contributed by atoms with Crippen LogP contribution in [-0.4, -0.2) is 43.7 Å². The topological polar surface area (TPSA) is 32.8 Å². The van der Waals surface area contributed by atoms with Crippen molar-refractivity contribution in [2.24, 2.45) is 0 Å². The molecule has 0 unspecified atom stereocenters. The number of aryl methyl sites for hydroxylation is 1. The fraction of sp³-hybridized carbons (Fsp3) is 0.346. The molecule has 0 saturated carbocycles. The first kappa shape index (κ1) is 20.3. The van der Waals surface area contributed by atoms with Gasteiger partial charge in [0.1, 0.15) is 0 Å². The second kappa shape index (κ2) is 8.85. The highest BCUT2D eigenvalue weighted by molar-refractivity contribution is 7.12. The summed E-state index contributed by atoms with van der Waals surface area (Å²) in [5, 5.41) is 2.01. The van der Waals surface area contributed by atoms with Crippen molar-refractivity contribution in [3.63, 3.8) is 0 Å². The largest absolute Gasteiger partial charge is 0.378 e. The highest BCUT2D eigenvalue weighted by Crippen LogP contribution is 2.39. The zero-order chi connectivity index (χ0) is 21.2. The molecule has 0 bridgehead atoms. The number of hydrogen-bond acceptors (Lipinski definition) is 4. The van der Waals surface area contributed by atoms with Crippen LogP contribution in [0.3, 0.4) is 0 Å². The molecule has 1 aromatic heterocycles. The zero-order valence-corrected chi connectivity index (χ0v) is 18.7. The number of hydrogen-bond donors (Lipinski definition) is 0. The normalized spacial score (nSPS) is 19.1. The fourth-order valence-corrected chi connectivity index (χ4v) is 5.66. The maximum Gasteiger partial charge on any atom is 0.264 e. The molecule has 0 radical (unpaired) electrons. The monoisotopic (exact) mass is 432 g/mol. The van der Waals surface area contributed by atoms with E-state index in [4.69, 9.17) is 4.74 Å². The molecule has 31 heavy (non-hydrogen) atoms. The van der Waals surface area contributed by atoms with Gasteiger partial charge in [0.05, 0.1) is 24.1 Å². The minimum atomic E-state index is 0.129. The third-order valence-electron chi connectivity index (χ3n) is 6.44. The van der Waals surface area contributed by atoms with Crippen molar-refractivity contribution in [2.75, 3.05) is 37.7 Å². The SMILES string of the molecule is Cc1ccsc1C(=O)N1CCC[C@H]1c1ccccc1-c1ccc(N2CCOCC2)cc1. The molecule has 0 aliphatic carbocycles. The van der Waals surface area contributed by atoms with Crippen LogP contribution in [0.1, 0.15) is 39.7 Å². The summed E-state index contributed by atoms with van der Waals surface area (Å²) in [7, 11) is 0. The molecule has 2 fully saturated rings. The molecule has 0 N–H and O–H groups in total. The number of ether oxygens (including phenoxy) is 1. The van der Waals surface area contributed by atoms with E-state index in [1.165, 1.54) is 22.4 Å². The molecule has 2 saturated heterocycles. The molecule has 2 aliphatic rings. The van der Waals surface area contributed by atoms with E-state index >= 15 is 0 Å². The summed E-state index contributed by atoms with van der Waals surface area (Å²) < 4.78 is 5.48. The first-order chi connectivity index (χ1) is 15.2. The molecule has 4 nitrogen and oxygen atoms in total. The Hall–Kier alpha value is -2.63. The number of benzene rings is 2. The lowest BCUT2D eigenvalue weighted by Gasteiger charge is -2.29. The fourth-order valence-electron chi connectivity index (χ4n) is 4.78. The molecule has 2 aliphatic heterocycles. The number of amides is 1. The van der Waals surface area contributed by atoms with Crippen molar-refractivity contribution in [2.45, 2.75) is 25.8 Å². The zero-order valence-electron chi connectivity index (χ0n) is 17.9. The van der Waals surface area contributed by atoms with Gasteiger partial charge < -0.3 is 14.5 Å². The van der Waals surface area contributed by atoms with Crippen LogP contribution in [-0.2, 0) is 4.74 Å². The van der Waals surface area contributed by atoms with Crippen LogP contribution in [0, 0.1) is 6.92 Å². The van der Waals surface area contributed by atoms with Gasteiger partial charge in [-0.1, -0.05) is 36.4 Å². The van der Waals surface area contributed by atoms with E-state index in [1.807, 2.05) is 18.4 Å². The molecule has 160 valence electrons. The van der Waals surface area contributed by atoms with Crippen molar-refractivity contribution in [3.05, 3.63) is 76.0 Å². The Kier molecular flexibility index (Phi) is 5.79. The van der Waals surface area contributed by atoms with Crippen molar-refractivity contribution < 1.29 is 9.53 Å². The molecule has 2 aromatic carbocycles. The number of morpholine rings is 1. The number of anilines is 1. The summed E-state index contributed by atoms with van der Waals surface area (Å²) in [6, 6.07) is 19.6. The minimum absolute atomic E-state index is 0.129. The molecule has 1 atom stereocenters. The van der Waals surface area contributed by atoms with Gasteiger partial charge >= 0.3 is 0 Å². The number of nitrogens with zero attached hydrogens (tertiary/aromatic N) is 2. The van der Waals surface area contributed by atoms with E-state index in [1.54, 1.807) is 11.3 Å². The Balaban J connectivity index is 1.44. The summed E-state index contributed by atoms with van der Waals surface area (Å²) in [5.74, 6) is 0.174. The molecule has 5 heteroatoms. The van der Waals surface area contributed by atoms with Gasteiger partial charge in [0.15, 0.2) is 0 Å². The lowest BCUT2D eigenvalue weighted by Crippen LogP contribution is -2.36. The average Bonchev–Trinajstić information content (AvgIpc) is 3.49. The standard InChI is InChI=1S/C26H28N2O2S/c1-19-12-18-31-25(19)26(29)28-13-4-7-24(28)23-6-3-2-5-22(23)20-8-10-21(11-9-20)27-14-16-30-17-15-27/h2-3,5-6,8-12,18,24H,4,7,13-17H2,1H3/t24-/m0/s1. The second-order valence-corrected chi connectivity index (χ2v) is 9.24. The number of carbonyl (C=O) groups excluding carboxylic acids is 1. The Morgan fingerprint density at radius 2 is 1.77 bits per heavy atom. The molecule has 3 heterocycles. The third kappa shape index (κ3) is 4.00. The van der Waals surface area contributed by atoms with Crippen LogP contribution in [0.25, 0.3) is 11.1 Å². The van der Waals surface area contributed by atoms with Gasteiger partial charge in [0, 0.05) is 25.3 Å². The quantitative estimate of drug-likeness (QED) is 0.543. The Bertz CT molecular complexity index is 1050. The lowest BCUT2D eigenvalue weighted by molar-refractivity contribution is 0.0740. The van der Waals surface area contributed by atoms with E-state index in [-0.39, 0.29) is 11.9 Å². The third-order valence-corrected chi connectivity index (χ3v) is 7.45. The van der Waals surface area contributed by atoms with Gasteiger partial charge in [0.2, 0.25) is 0 Å². The summed E-state index contributed by atoms with van der Waals surface area (Å²) in [5.41, 5.74) is 6.01. The van der Waals surface area contributed by atoms with Crippen LogP contribution in [0.5, 0.6) is 0 Å². The summed E-state index contributed by atoms with van der Waals surface area (Å²) >= 11 is 1.55. The Morgan fingerprint density at radius 1 is 1.00 bits per heavy atom. The second-order valence-electron chi connectivity index (χ2n) is 8.32. The maximum atomic E-state index is 13.3. The van der Waals surface area contributed by atoms with Crippen molar-refractivity contribution >= 4 is 22.9 Å². The van der Waals surface area contributed by atoms with Gasteiger partial charge in [0.25, 0.3) is 5.91 Å². The first-order valence-corrected chi connectivity index (χ1v) is 12.0. The number of thiophene rings is 1. The Morgan fingerprint density at radius 3 is 2.52 bits per heavy atom. The van der Waals surface area contributed by atoms with Gasteiger partial charge in [-0.15, -0.1) is 11.3 Å². The number of carbonyl (C=O) groups is 1. The first-order valence-electron chi connectivity index (χ1n) is 11.1. The van der Waals surface area contributed by atoms with E-state index in [0.717, 1.165) is 56.1 Å². The van der Waals surface area contributed by atoms with Gasteiger partial charge in [-0.2, -0.15) is 0 Å². The average molecular weight is 433 g/mol. The minimum Gasteiger partial charge on any atom is -0.378 e. The van der Waals surface area contributed by atoms with Crippen LogP contribution in [0.4, 0.5) is 5.69 Å². The van der Waals surface area contributed by atoms with E-state index in [2.05, 4.69) is 58.3 Å². The van der Waals surface area contributed by atoms with E-state index < -0.39 is 0 Å². The smallest absolute Gasteiger partial charge is 0.264 e. The molecular formula is C26H28N2O2S. The van der Waals surface area contributed by atoms with Crippen LogP contribution in [0.2, 0.25) is 0 Å². The summed E-state index contributed by atoms with van der Waals surface area (Å²) in [4.78, 5) is 18.6. The number of rotatable bonds is 4. The predicted molar refractivity (Wildman–Crippen MR) is 127 cm³/mol. The maximum absolute atomic E-state index is 13.3. The highest BCUT2D eigenvalue weighted by atomic mass is 32.1. The van der Waals surface area contributed by atoms with Gasteiger partial charge in [-0.25, -0.2) is 0 Å². The van der Waals surface area contributed by atoms with Crippen molar-refractivity contribution in [3.8, 4) is 11.1 Å². The van der Waals surface area contributed by atoms with Gasteiger partial charge in [-0.05, 0) is 65.6 Å². The van der Waals surface area contributed by atoms with Crippen LogP contribution in [0.15, 0.2) is 60.0 Å².